The van der Waals surface area contributed by atoms with E-state index in [4.69, 9.17) is 4.74 Å². The molecule has 0 radical (unpaired) electrons. The molecular formula is C14H27NO. The predicted molar refractivity (Wildman–Crippen MR) is 67.7 cm³/mol. The Kier molecular flexibility index (Phi) is 4.66. The lowest BCUT2D eigenvalue weighted by Crippen LogP contribution is -2.31. The molecule has 0 unspecified atom stereocenters. The molecule has 2 rings (SSSR count). The fourth-order valence-corrected chi connectivity index (χ4v) is 3.07. The minimum atomic E-state index is 0.607. The van der Waals surface area contributed by atoms with Gasteiger partial charge < -0.3 is 10.1 Å². The SMILES string of the molecule is COCCC1(CCNC2CC2)CCCCC1. The Hall–Kier alpha value is -0.0800. The van der Waals surface area contributed by atoms with E-state index in [0.717, 1.165) is 12.6 Å². The number of rotatable bonds is 7. The zero-order valence-electron chi connectivity index (χ0n) is 10.8. The second-order valence-electron chi connectivity index (χ2n) is 5.78. The fraction of sp³-hybridized carbons (Fsp3) is 1.00. The molecule has 0 spiro atoms. The summed E-state index contributed by atoms with van der Waals surface area (Å²) >= 11 is 0. The van der Waals surface area contributed by atoms with Gasteiger partial charge in [0.05, 0.1) is 0 Å². The largest absolute Gasteiger partial charge is 0.385 e. The molecule has 0 bridgehead atoms. The first-order valence-corrected chi connectivity index (χ1v) is 7.07. The maximum absolute atomic E-state index is 5.29. The average Bonchev–Trinajstić information content (AvgIpc) is 3.12. The quantitative estimate of drug-likeness (QED) is 0.719. The van der Waals surface area contributed by atoms with Crippen LogP contribution in [0, 0.1) is 5.41 Å². The molecule has 2 nitrogen and oxygen atoms in total. The molecule has 2 heteroatoms. The highest BCUT2D eigenvalue weighted by Crippen LogP contribution is 2.42. The molecule has 0 atom stereocenters. The Morgan fingerprint density at radius 1 is 1.12 bits per heavy atom. The van der Waals surface area contributed by atoms with Gasteiger partial charge in [-0.25, -0.2) is 0 Å². The second kappa shape index (κ2) is 6.02. The maximum Gasteiger partial charge on any atom is 0.0467 e. The molecule has 2 aliphatic carbocycles. The van der Waals surface area contributed by atoms with Crippen molar-refractivity contribution in [2.24, 2.45) is 5.41 Å². The average molecular weight is 225 g/mol. The van der Waals surface area contributed by atoms with Gasteiger partial charge in [-0.1, -0.05) is 19.3 Å². The summed E-state index contributed by atoms with van der Waals surface area (Å²) in [4.78, 5) is 0. The first-order valence-electron chi connectivity index (χ1n) is 7.07. The molecule has 2 saturated carbocycles. The van der Waals surface area contributed by atoms with Crippen LogP contribution in [0.3, 0.4) is 0 Å². The zero-order chi connectivity index (χ0) is 11.3. The van der Waals surface area contributed by atoms with Crippen LogP contribution in [-0.4, -0.2) is 26.3 Å². The van der Waals surface area contributed by atoms with Gasteiger partial charge in [0.25, 0.3) is 0 Å². The molecule has 2 aliphatic rings. The van der Waals surface area contributed by atoms with Crippen molar-refractivity contribution in [3.8, 4) is 0 Å². The molecule has 16 heavy (non-hydrogen) atoms. The van der Waals surface area contributed by atoms with Crippen LogP contribution in [0.25, 0.3) is 0 Å². The van der Waals surface area contributed by atoms with Crippen molar-refractivity contribution in [2.75, 3.05) is 20.3 Å². The van der Waals surface area contributed by atoms with Gasteiger partial charge in [-0.15, -0.1) is 0 Å². The van der Waals surface area contributed by atoms with E-state index in [9.17, 15) is 0 Å². The fourth-order valence-electron chi connectivity index (χ4n) is 3.07. The first kappa shape index (κ1) is 12.4. The Morgan fingerprint density at radius 3 is 2.50 bits per heavy atom. The highest BCUT2D eigenvalue weighted by Gasteiger charge is 2.31. The van der Waals surface area contributed by atoms with Gasteiger partial charge in [-0.3, -0.25) is 0 Å². The zero-order valence-corrected chi connectivity index (χ0v) is 10.8. The summed E-state index contributed by atoms with van der Waals surface area (Å²) in [5, 5.41) is 3.66. The van der Waals surface area contributed by atoms with E-state index in [1.807, 2.05) is 7.11 Å². The molecule has 0 amide bonds. The smallest absolute Gasteiger partial charge is 0.0467 e. The summed E-state index contributed by atoms with van der Waals surface area (Å²) in [6.07, 6.45) is 12.6. The van der Waals surface area contributed by atoms with Crippen molar-refractivity contribution >= 4 is 0 Å². The van der Waals surface area contributed by atoms with Gasteiger partial charge in [0.1, 0.15) is 0 Å². The topological polar surface area (TPSA) is 21.3 Å². The van der Waals surface area contributed by atoms with Crippen molar-refractivity contribution in [1.82, 2.24) is 5.32 Å². The lowest BCUT2D eigenvalue weighted by atomic mass is 9.70. The number of ether oxygens (including phenoxy) is 1. The lowest BCUT2D eigenvalue weighted by Gasteiger charge is -2.37. The third-order valence-electron chi connectivity index (χ3n) is 4.42. The Morgan fingerprint density at radius 2 is 1.88 bits per heavy atom. The summed E-state index contributed by atoms with van der Waals surface area (Å²) in [5.74, 6) is 0. The normalized spacial score (nSPS) is 24.6. The number of nitrogens with one attached hydrogen (secondary N) is 1. The highest BCUT2D eigenvalue weighted by atomic mass is 16.5. The van der Waals surface area contributed by atoms with Gasteiger partial charge in [0.15, 0.2) is 0 Å². The van der Waals surface area contributed by atoms with Crippen molar-refractivity contribution in [2.45, 2.75) is 63.8 Å². The molecular weight excluding hydrogens is 198 g/mol. The molecule has 0 aromatic carbocycles. The van der Waals surface area contributed by atoms with E-state index in [0.29, 0.717) is 5.41 Å². The summed E-state index contributed by atoms with van der Waals surface area (Å²) in [6, 6.07) is 0.864. The van der Waals surface area contributed by atoms with E-state index in [1.54, 1.807) is 0 Å². The van der Waals surface area contributed by atoms with Gasteiger partial charge in [0, 0.05) is 19.8 Å². The highest BCUT2D eigenvalue weighted by molar-refractivity contribution is 4.86. The molecule has 0 saturated heterocycles. The standard InChI is InChI=1S/C14H27NO/c1-16-12-10-14(7-3-2-4-8-14)9-11-15-13-5-6-13/h13,15H,2-12H2,1H3. The minimum absolute atomic E-state index is 0.607. The predicted octanol–water partition coefficient (Wildman–Crippen LogP) is 3.12. The van der Waals surface area contributed by atoms with E-state index in [-0.39, 0.29) is 0 Å². The third-order valence-corrected chi connectivity index (χ3v) is 4.42. The van der Waals surface area contributed by atoms with Crippen LogP contribution in [0.15, 0.2) is 0 Å². The maximum atomic E-state index is 5.29. The second-order valence-corrected chi connectivity index (χ2v) is 5.78. The van der Waals surface area contributed by atoms with Gasteiger partial charge in [0.2, 0.25) is 0 Å². The van der Waals surface area contributed by atoms with Crippen molar-refractivity contribution in [3.05, 3.63) is 0 Å². The number of hydrogen-bond donors (Lipinski definition) is 1. The van der Waals surface area contributed by atoms with Gasteiger partial charge in [-0.05, 0) is 50.5 Å². The van der Waals surface area contributed by atoms with Gasteiger partial charge in [-0.2, -0.15) is 0 Å². The van der Waals surface area contributed by atoms with E-state index < -0.39 is 0 Å². The van der Waals surface area contributed by atoms with Crippen LogP contribution in [0.4, 0.5) is 0 Å². The van der Waals surface area contributed by atoms with Gasteiger partial charge >= 0.3 is 0 Å². The van der Waals surface area contributed by atoms with Crippen molar-refractivity contribution < 1.29 is 4.74 Å². The Bertz CT molecular complexity index is 195. The monoisotopic (exact) mass is 225 g/mol. The van der Waals surface area contributed by atoms with Crippen molar-refractivity contribution in [3.63, 3.8) is 0 Å². The van der Waals surface area contributed by atoms with E-state index >= 15 is 0 Å². The summed E-state index contributed by atoms with van der Waals surface area (Å²) in [7, 11) is 1.83. The Labute approximate surface area is 100 Å². The summed E-state index contributed by atoms with van der Waals surface area (Å²) < 4.78 is 5.29. The summed E-state index contributed by atoms with van der Waals surface area (Å²) in [5.41, 5.74) is 0.607. The molecule has 0 aliphatic heterocycles. The van der Waals surface area contributed by atoms with E-state index in [2.05, 4.69) is 5.32 Å². The molecule has 1 N–H and O–H groups in total. The Balaban J connectivity index is 1.74. The van der Waals surface area contributed by atoms with Crippen LogP contribution in [0.5, 0.6) is 0 Å². The number of methoxy groups -OCH3 is 1. The molecule has 94 valence electrons. The lowest BCUT2D eigenvalue weighted by molar-refractivity contribution is 0.0945. The van der Waals surface area contributed by atoms with Crippen LogP contribution in [0.2, 0.25) is 0 Å². The first-order chi connectivity index (χ1) is 7.85. The molecule has 0 aromatic heterocycles. The van der Waals surface area contributed by atoms with E-state index in [1.165, 1.54) is 64.3 Å². The third kappa shape index (κ3) is 3.74. The van der Waals surface area contributed by atoms with Crippen LogP contribution < -0.4 is 5.32 Å². The number of hydrogen-bond acceptors (Lipinski definition) is 2. The van der Waals surface area contributed by atoms with Crippen molar-refractivity contribution in [1.29, 1.82) is 0 Å². The van der Waals surface area contributed by atoms with Crippen LogP contribution in [0.1, 0.15) is 57.8 Å². The minimum Gasteiger partial charge on any atom is -0.385 e. The molecule has 0 aromatic rings. The van der Waals surface area contributed by atoms with Crippen LogP contribution >= 0.6 is 0 Å². The molecule has 0 heterocycles. The van der Waals surface area contributed by atoms with Crippen LogP contribution in [-0.2, 0) is 4.74 Å². The summed E-state index contributed by atoms with van der Waals surface area (Å²) in [6.45, 7) is 2.18. The molecule has 2 fully saturated rings.